The zero-order valence-corrected chi connectivity index (χ0v) is 10.2. The molecule has 1 aliphatic rings. The first-order valence-electron chi connectivity index (χ1n) is 6.41. The van der Waals surface area contributed by atoms with Gasteiger partial charge in [-0.2, -0.15) is 0 Å². The molecule has 0 atom stereocenters. The van der Waals surface area contributed by atoms with E-state index in [1.807, 2.05) is 6.92 Å². The van der Waals surface area contributed by atoms with Crippen molar-refractivity contribution in [2.45, 2.75) is 39.0 Å². The van der Waals surface area contributed by atoms with E-state index in [-0.39, 0.29) is 12.6 Å². The van der Waals surface area contributed by atoms with E-state index in [4.69, 9.17) is 5.11 Å². The van der Waals surface area contributed by atoms with Crippen LogP contribution in [0, 0.1) is 5.92 Å². The van der Waals surface area contributed by atoms with E-state index in [1.165, 1.54) is 19.3 Å². The highest BCUT2D eigenvalue weighted by Crippen LogP contribution is 2.28. The second-order valence-corrected chi connectivity index (χ2v) is 4.53. The Hall–Kier alpha value is -0.770. The minimum absolute atomic E-state index is 0.0322. The maximum atomic E-state index is 11.7. The molecule has 1 fully saturated rings. The number of nitrogens with zero attached hydrogens (tertiary/aromatic N) is 1. The van der Waals surface area contributed by atoms with Crippen molar-refractivity contribution in [3.63, 3.8) is 0 Å². The number of rotatable bonds is 7. The fourth-order valence-corrected chi connectivity index (χ4v) is 1.98. The van der Waals surface area contributed by atoms with Gasteiger partial charge in [0, 0.05) is 19.6 Å². The molecule has 2 N–H and O–H groups in total. The number of hydrogen-bond donors (Lipinski definition) is 2. The highest BCUT2D eigenvalue weighted by atomic mass is 16.3. The van der Waals surface area contributed by atoms with E-state index >= 15 is 0 Å². The Morgan fingerprint density at radius 1 is 1.44 bits per heavy atom. The molecule has 0 aromatic rings. The summed E-state index contributed by atoms with van der Waals surface area (Å²) in [6.45, 7) is 4.00. The van der Waals surface area contributed by atoms with Crippen molar-refractivity contribution < 1.29 is 9.90 Å². The van der Waals surface area contributed by atoms with Crippen molar-refractivity contribution in [1.29, 1.82) is 0 Å². The summed E-state index contributed by atoms with van der Waals surface area (Å²) in [7, 11) is 0. The third-order valence-corrected chi connectivity index (χ3v) is 3.20. The van der Waals surface area contributed by atoms with E-state index < -0.39 is 0 Å². The fraction of sp³-hybridized carbons (Fsp3) is 0.917. The molecule has 1 rings (SSSR count). The van der Waals surface area contributed by atoms with Crippen LogP contribution in [-0.2, 0) is 0 Å². The highest BCUT2D eigenvalue weighted by molar-refractivity contribution is 5.74. The summed E-state index contributed by atoms with van der Waals surface area (Å²) < 4.78 is 0. The Labute approximate surface area is 98.0 Å². The molecule has 4 heteroatoms. The summed E-state index contributed by atoms with van der Waals surface area (Å²) in [4.78, 5) is 13.4. The van der Waals surface area contributed by atoms with Crippen LogP contribution in [0.2, 0.25) is 0 Å². The topological polar surface area (TPSA) is 52.6 Å². The molecule has 16 heavy (non-hydrogen) atoms. The second-order valence-electron chi connectivity index (χ2n) is 4.53. The standard InChI is InChI=1S/C12H24N2O2/c1-2-8-14(9-10-15)12(16)13-7-6-11-4-3-5-11/h11,15H,2-10H2,1H3,(H,13,16). The number of hydrogen-bond acceptors (Lipinski definition) is 2. The van der Waals surface area contributed by atoms with Crippen LogP contribution >= 0.6 is 0 Å². The number of urea groups is 1. The average molecular weight is 228 g/mol. The lowest BCUT2D eigenvalue weighted by molar-refractivity contribution is 0.175. The first-order chi connectivity index (χ1) is 7.77. The highest BCUT2D eigenvalue weighted by Gasteiger charge is 2.17. The van der Waals surface area contributed by atoms with Gasteiger partial charge in [0.15, 0.2) is 0 Å². The van der Waals surface area contributed by atoms with Crippen molar-refractivity contribution in [3.8, 4) is 0 Å². The number of aliphatic hydroxyl groups excluding tert-OH is 1. The molecule has 1 aliphatic carbocycles. The van der Waals surface area contributed by atoms with Gasteiger partial charge in [0.2, 0.25) is 0 Å². The van der Waals surface area contributed by atoms with Crippen molar-refractivity contribution in [1.82, 2.24) is 10.2 Å². The van der Waals surface area contributed by atoms with Crippen LogP contribution in [0.25, 0.3) is 0 Å². The van der Waals surface area contributed by atoms with Gasteiger partial charge in [-0.15, -0.1) is 0 Å². The first-order valence-corrected chi connectivity index (χ1v) is 6.41. The third-order valence-electron chi connectivity index (χ3n) is 3.20. The van der Waals surface area contributed by atoms with Gasteiger partial charge in [-0.1, -0.05) is 26.2 Å². The molecule has 0 spiro atoms. The second kappa shape index (κ2) is 7.49. The average Bonchev–Trinajstić information content (AvgIpc) is 2.21. The van der Waals surface area contributed by atoms with Gasteiger partial charge in [0.25, 0.3) is 0 Å². The van der Waals surface area contributed by atoms with Crippen LogP contribution in [-0.4, -0.2) is 42.3 Å². The summed E-state index contributed by atoms with van der Waals surface area (Å²) in [5, 5.41) is 11.8. The normalized spacial score (nSPS) is 15.6. The van der Waals surface area contributed by atoms with E-state index in [0.717, 1.165) is 31.8 Å². The molecule has 0 bridgehead atoms. The molecule has 0 aromatic carbocycles. The van der Waals surface area contributed by atoms with Gasteiger partial charge >= 0.3 is 6.03 Å². The van der Waals surface area contributed by atoms with Crippen molar-refractivity contribution in [3.05, 3.63) is 0 Å². The maximum absolute atomic E-state index is 11.7. The van der Waals surface area contributed by atoms with Crippen molar-refractivity contribution in [2.75, 3.05) is 26.2 Å². The lowest BCUT2D eigenvalue weighted by Gasteiger charge is -2.26. The van der Waals surface area contributed by atoms with Crippen LogP contribution in [0.4, 0.5) is 4.79 Å². The molecule has 1 saturated carbocycles. The number of carbonyl (C=O) groups excluding carboxylic acids is 1. The molecule has 0 radical (unpaired) electrons. The van der Waals surface area contributed by atoms with Crippen LogP contribution < -0.4 is 5.32 Å². The predicted molar refractivity (Wildman–Crippen MR) is 64.3 cm³/mol. The van der Waals surface area contributed by atoms with Crippen LogP contribution in [0.1, 0.15) is 39.0 Å². The Kier molecular flexibility index (Phi) is 6.23. The third kappa shape index (κ3) is 4.39. The quantitative estimate of drug-likeness (QED) is 0.695. The molecule has 4 nitrogen and oxygen atoms in total. The number of carbonyl (C=O) groups is 1. The summed E-state index contributed by atoms with van der Waals surface area (Å²) in [6, 6.07) is -0.0322. The summed E-state index contributed by atoms with van der Waals surface area (Å²) in [5.41, 5.74) is 0. The Morgan fingerprint density at radius 2 is 2.19 bits per heavy atom. The molecular formula is C12H24N2O2. The van der Waals surface area contributed by atoms with Gasteiger partial charge in [0.05, 0.1) is 6.61 Å². The molecule has 94 valence electrons. The SMILES string of the molecule is CCCN(CCO)C(=O)NCCC1CCC1. The van der Waals surface area contributed by atoms with Gasteiger partial charge in [-0.3, -0.25) is 0 Å². The van der Waals surface area contributed by atoms with Crippen molar-refractivity contribution in [2.24, 2.45) is 5.92 Å². The van der Waals surface area contributed by atoms with Crippen LogP contribution in [0.3, 0.4) is 0 Å². The largest absolute Gasteiger partial charge is 0.395 e. The van der Waals surface area contributed by atoms with Gasteiger partial charge in [-0.25, -0.2) is 4.79 Å². The molecular weight excluding hydrogens is 204 g/mol. The number of aliphatic hydroxyl groups is 1. The maximum Gasteiger partial charge on any atom is 0.317 e. The zero-order valence-electron chi connectivity index (χ0n) is 10.2. The van der Waals surface area contributed by atoms with E-state index in [9.17, 15) is 4.79 Å². The van der Waals surface area contributed by atoms with E-state index in [1.54, 1.807) is 4.90 Å². The predicted octanol–water partition coefficient (Wildman–Crippen LogP) is 1.59. The summed E-state index contributed by atoms with van der Waals surface area (Å²) >= 11 is 0. The molecule has 0 aliphatic heterocycles. The van der Waals surface area contributed by atoms with Crippen molar-refractivity contribution >= 4 is 6.03 Å². The zero-order chi connectivity index (χ0) is 11.8. The monoisotopic (exact) mass is 228 g/mol. The lowest BCUT2D eigenvalue weighted by atomic mass is 9.83. The lowest BCUT2D eigenvalue weighted by Crippen LogP contribution is -2.42. The summed E-state index contributed by atoms with van der Waals surface area (Å²) in [5.74, 6) is 0.831. The number of amides is 2. The number of nitrogens with one attached hydrogen (secondary N) is 1. The Balaban J connectivity index is 2.13. The molecule has 0 saturated heterocycles. The van der Waals surface area contributed by atoms with Gasteiger partial charge in [-0.05, 0) is 18.8 Å². The smallest absolute Gasteiger partial charge is 0.317 e. The first kappa shape index (κ1) is 13.3. The molecule has 0 unspecified atom stereocenters. The molecule has 2 amide bonds. The van der Waals surface area contributed by atoms with Crippen LogP contribution in [0.5, 0.6) is 0 Å². The Morgan fingerprint density at radius 3 is 2.69 bits per heavy atom. The van der Waals surface area contributed by atoms with E-state index in [2.05, 4.69) is 5.32 Å². The minimum atomic E-state index is -0.0322. The minimum Gasteiger partial charge on any atom is -0.395 e. The van der Waals surface area contributed by atoms with E-state index in [0.29, 0.717) is 6.54 Å². The Bertz CT molecular complexity index is 199. The fourth-order valence-electron chi connectivity index (χ4n) is 1.98. The summed E-state index contributed by atoms with van der Waals surface area (Å²) in [6.07, 6.45) is 6.03. The van der Waals surface area contributed by atoms with Gasteiger partial charge in [0.1, 0.15) is 0 Å². The van der Waals surface area contributed by atoms with Gasteiger partial charge < -0.3 is 15.3 Å². The molecule has 0 heterocycles. The molecule has 0 aromatic heterocycles. The van der Waals surface area contributed by atoms with Crippen LogP contribution in [0.15, 0.2) is 0 Å².